The number of hydrogen-bond acceptors (Lipinski definition) is 2. The standard InChI is InChI=1S/C10H18O2/c1-4-6-7-8-10(12,5-2)9(3)11/h9,11-12H,4-5,8H2,1-3H3. The zero-order valence-corrected chi connectivity index (χ0v) is 8.09. The highest BCUT2D eigenvalue weighted by molar-refractivity contribution is 5.04. The van der Waals surface area contributed by atoms with Gasteiger partial charge in [-0.3, -0.25) is 0 Å². The summed E-state index contributed by atoms with van der Waals surface area (Å²) in [7, 11) is 0. The summed E-state index contributed by atoms with van der Waals surface area (Å²) in [5, 5.41) is 19.0. The molecule has 2 nitrogen and oxygen atoms in total. The van der Waals surface area contributed by atoms with E-state index in [-0.39, 0.29) is 0 Å². The van der Waals surface area contributed by atoms with E-state index in [1.165, 1.54) is 0 Å². The first kappa shape index (κ1) is 11.5. The van der Waals surface area contributed by atoms with Crippen molar-refractivity contribution in [1.29, 1.82) is 0 Å². The quantitative estimate of drug-likeness (QED) is 0.627. The lowest BCUT2D eigenvalue weighted by Gasteiger charge is -2.27. The first-order valence-corrected chi connectivity index (χ1v) is 4.43. The lowest BCUT2D eigenvalue weighted by molar-refractivity contribution is -0.0645. The molecule has 0 spiro atoms. The van der Waals surface area contributed by atoms with Crippen LogP contribution in [0, 0.1) is 11.8 Å². The summed E-state index contributed by atoms with van der Waals surface area (Å²) in [4.78, 5) is 0. The molecule has 0 heterocycles. The van der Waals surface area contributed by atoms with Crippen LogP contribution in [0.3, 0.4) is 0 Å². The number of rotatable bonds is 3. The lowest BCUT2D eigenvalue weighted by Crippen LogP contribution is -2.39. The molecule has 0 saturated heterocycles. The molecule has 0 aliphatic rings. The minimum absolute atomic E-state index is 0.356. The first-order chi connectivity index (χ1) is 5.56. The molecule has 0 bridgehead atoms. The van der Waals surface area contributed by atoms with E-state index in [1.54, 1.807) is 6.92 Å². The smallest absolute Gasteiger partial charge is 0.101 e. The third-order valence-electron chi connectivity index (χ3n) is 2.09. The van der Waals surface area contributed by atoms with Gasteiger partial charge in [0.05, 0.1) is 6.10 Å². The summed E-state index contributed by atoms with van der Waals surface area (Å²) in [6.07, 6.45) is 0.964. The predicted octanol–water partition coefficient (Wildman–Crippen LogP) is 1.31. The van der Waals surface area contributed by atoms with Crippen molar-refractivity contribution in [1.82, 2.24) is 0 Å². The Morgan fingerprint density at radius 2 is 1.92 bits per heavy atom. The van der Waals surface area contributed by atoms with Gasteiger partial charge in [0.15, 0.2) is 0 Å². The van der Waals surface area contributed by atoms with E-state index in [9.17, 15) is 10.2 Å². The summed E-state index contributed by atoms with van der Waals surface area (Å²) < 4.78 is 0. The zero-order valence-electron chi connectivity index (χ0n) is 8.09. The van der Waals surface area contributed by atoms with E-state index in [0.717, 1.165) is 6.42 Å². The van der Waals surface area contributed by atoms with Crippen molar-refractivity contribution < 1.29 is 10.2 Å². The van der Waals surface area contributed by atoms with Crippen LogP contribution in [-0.4, -0.2) is 21.9 Å². The van der Waals surface area contributed by atoms with Crippen LogP contribution in [0.1, 0.15) is 40.0 Å². The molecule has 2 atom stereocenters. The molecule has 0 aromatic carbocycles. The van der Waals surface area contributed by atoms with Crippen molar-refractivity contribution in [2.45, 2.75) is 51.7 Å². The Morgan fingerprint density at radius 3 is 2.25 bits per heavy atom. The van der Waals surface area contributed by atoms with Gasteiger partial charge in [0.1, 0.15) is 5.60 Å². The van der Waals surface area contributed by atoms with Crippen LogP contribution in [0.2, 0.25) is 0 Å². The molecular weight excluding hydrogens is 152 g/mol. The highest BCUT2D eigenvalue weighted by atomic mass is 16.3. The molecule has 70 valence electrons. The largest absolute Gasteiger partial charge is 0.390 e. The van der Waals surface area contributed by atoms with E-state index in [2.05, 4.69) is 11.8 Å². The molecule has 0 amide bonds. The van der Waals surface area contributed by atoms with Crippen molar-refractivity contribution in [2.75, 3.05) is 0 Å². The molecule has 2 heteroatoms. The fourth-order valence-corrected chi connectivity index (χ4v) is 0.909. The van der Waals surface area contributed by atoms with Crippen molar-refractivity contribution in [2.24, 2.45) is 0 Å². The molecule has 0 aliphatic carbocycles. The van der Waals surface area contributed by atoms with Gasteiger partial charge >= 0.3 is 0 Å². The molecule has 0 fully saturated rings. The lowest BCUT2D eigenvalue weighted by atomic mass is 9.91. The van der Waals surface area contributed by atoms with Gasteiger partial charge in [0.25, 0.3) is 0 Å². The molecule has 0 rings (SSSR count). The number of aliphatic hydroxyl groups excluding tert-OH is 1. The Kier molecular flexibility index (Phi) is 4.96. The Hall–Kier alpha value is -0.520. The fraction of sp³-hybridized carbons (Fsp3) is 0.800. The van der Waals surface area contributed by atoms with E-state index < -0.39 is 11.7 Å². The summed E-state index contributed by atoms with van der Waals surface area (Å²) in [5.41, 5.74) is -1.03. The van der Waals surface area contributed by atoms with Gasteiger partial charge in [-0.15, -0.1) is 11.8 Å². The van der Waals surface area contributed by atoms with Crippen LogP contribution in [0.4, 0.5) is 0 Å². The molecule has 0 aromatic rings. The maximum absolute atomic E-state index is 9.77. The molecule has 0 aromatic heterocycles. The van der Waals surface area contributed by atoms with Gasteiger partial charge in [-0.2, -0.15) is 0 Å². The second-order valence-electron chi connectivity index (χ2n) is 3.02. The van der Waals surface area contributed by atoms with Crippen LogP contribution in [0.25, 0.3) is 0 Å². The topological polar surface area (TPSA) is 40.5 Å². The Morgan fingerprint density at radius 1 is 1.33 bits per heavy atom. The van der Waals surface area contributed by atoms with Gasteiger partial charge in [0, 0.05) is 12.8 Å². The van der Waals surface area contributed by atoms with Gasteiger partial charge in [-0.1, -0.05) is 13.8 Å². The van der Waals surface area contributed by atoms with Crippen LogP contribution in [0.15, 0.2) is 0 Å². The molecular formula is C10H18O2. The average molecular weight is 170 g/mol. The van der Waals surface area contributed by atoms with Crippen LogP contribution < -0.4 is 0 Å². The maximum Gasteiger partial charge on any atom is 0.101 e. The van der Waals surface area contributed by atoms with Crippen LogP contribution in [-0.2, 0) is 0 Å². The molecule has 0 aliphatic heterocycles. The first-order valence-electron chi connectivity index (χ1n) is 4.43. The average Bonchev–Trinajstić information content (AvgIpc) is 2.04. The Balaban J connectivity index is 4.14. The van der Waals surface area contributed by atoms with E-state index in [1.807, 2.05) is 13.8 Å². The van der Waals surface area contributed by atoms with Crippen molar-refractivity contribution in [3.05, 3.63) is 0 Å². The summed E-state index contributed by atoms with van der Waals surface area (Å²) in [5.74, 6) is 5.72. The minimum Gasteiger partial charge on any atom is -0.390 e. The van der Waals surface area contributed by atoms with Crippen LogP contribution in [0.5, 0.6) is 0 Å². The normalized spacial score (nSPS) is 17.4. The molecule has 0 saturated carbocycles. The number of hydrogen-bond donors (Lipinski definition) is 2. The second-order valence-corrected chi connectivity index (χ2v) is 3.02. The molecule has 0 radical (unpaired) electrons. The van der Waals surface area contributed by atoms with Crippen molar-refractivity contribution in [3.8, 4) is 11.8 Å². The number of aliphatic hydroxyl groups is 2. The van der Waals surface area contributed by atoms with Gasteiger partial charge in [-0.25, -0.2) is 0 Å². The monoisotopic (exact) mass is 170 g/mol. The summed E-state index contributed by atoms with van der Waals surface area (Å²) >= 11 is 0. The summed E-state index contributed by atoms with van der Waals surface area (Å²) in [6, 6.07) is 0. The molecule has 12 heavy (non-hydrogen) atoms. The van der Waals surface area contributed by atoms with Gasteiger partial charge < -0.3 is 10.2 Å². The fourth-order valence-electron chi connectivity index (χ4n) is 0.909. The van der Waals surface area contributed by atoms with E-state index in [4.69, 9.17) is 0 Å². The minimum atomic E-state index is -1.03. The predicted molar refractivity (Wildman–Crippen MR) is 49.6 cm³/mol. The summed E-state index contributed by atoms with van der Waals surface area (Å²) in [6.45, 7) is 5.40. The van der Waals surface area contributed by atoms with Crippen molar-refractivity contribution >= 4 is 0 Å². The van der Waals surface area contributed by atoms with Gasteiger partial charge in [-0.05, 0) is 13.3 Å². The maximum atomic E-state index is 9.77. The highest BCUT2D eigenvalue weighted by Crippen LogP contribution is 2.18. The van der Waals surface area contributed by atoms with Crippen LogP contribution >= 0.6 is 0 Å². The third kappa shape index (κ3) is 3.25. The van der Waals surface area contributed by atoms with E-state index >= 15 is 0 Å². The molecule has 2 N–H and O–H groups in total. The second kappa shape index (κ2) is 5.18. The third-order valence-corrected chi connectivity index (χ3v) is 2.09. The Bertz CT molecular complexity index is 176. The highest BCUT2D eigenvalue weighted by Gasteiger charge is 2.29. The zero-order chi connectivity index (χ0) is 9.61. The van der Waals surface area contributed by atoms with Gasteiger partial charge in [0.2, 0.25) is 0 Å². The Labute approximate surface area is 74.6 Å². The molecule has 2 unspecified atom stereocenters. The van der Waals surface area contributed by atoms with Crippen molar-refractivity contribution in [3.63, 3.8) is 0 Å². The SMILES string of the molecule is CCC#CCC(O)(CC)C(C)O. The van der Waals surface area contributed by atoms with E-state index in [0.29, 0.717) is 12.8 Å².